The van der Waals surface area contributed by atoms with E-state index in [1.165, 1.54) is 39.0 Å². The minimum absolute atomic E-state index is 0.110. The van der Waals surface area contributed by atoms with Gasteiger partial charge in [-0.1, -0.05) is 158 Å². The fraction of sp³-hybridized carbons (Fsp3) is 0.0370. The van der Waals surface area contributed by atoms with Gasteiger partial charge in [0.25, 0.3) is 0 Å². The molecule has 0 amide bonds. The topological polar surface area (TPSA) is 29.5 Å². The van der Waals surface area contributed by atoms with Gasteiger partial charge in [-0.3, -0.25) is 0 Å². The molecule has 0 spiro atoms. The van der Waals surface area contributed by atoms with Crippen molar-refractivity contribution in [2.45, 2.75) is 12.5 Å². The second kappa shape index (κ2) is 13.7. The van der Waals surface area contributed by atoms with Crippen molar-refractivity contribution < 1.29 is 8.83 Å². The van der Waals surface area contributed by atoms with Gasteiger partial charge in [-0.15, -0.1) is 0 Å². The van der Waals surface area contributed by atoms with Crippen molar-refractivity contribution in [2.24, 2.45) is 0 Å². The molecule has 3 heteroatoms. The van der Waals surface area contributed by atoms with E-state index in [4.69, 9.17) is 8.83 Å². The predicted molar refractivity (Wildman–Crippen MR) is 238 cm³/mol. The van der Waals surface area contributed by atoms with E-state index in [0.29, 0.717) is 0 Å². The van der Waals surface area contributed by atoms with Crippen LogP contribution in [-0.2, 0) is 0 Å². The lowest BCUT2D eigenvalue weighted by atomic mass is 9.94. The summed E-state index contributed by atoms with van der Waals surface area (Å²) in [4.78, 5) is 2.46. The summed E-state index contributed by atoms with van der Waals surface area (Å²) in [6.07, 6.45) is 7.82. The van der Waals surface area contributed by atoms with Crippen LogP contribution in [0.25, 0.3) is 82.8 Å². The Hall–Kier alpha value is -7.36. The van der Waals surface area contributed by atoms with Gasteiger partial charge in [0.1, 0.15) is 22.3 Å². The normalized spacial score (nSPS) is 14.1. The van der Waals surface area contributed by atoms with Crippen molar-refractivity contribution in [1.29, 1.82) is 0 Å². The summed E-state index contributed by atoms with van der Waals surface area (Å²) >= 11 is 0. The molecule has 2 heterocycles. The average Bonchev–Trinajstić information content (AvgIpc) is 3.86. The highest BCUT2D eigenvalue weighted by Gasteiger charge is 2.22. The number of para-hydroxylation sites is 3. The Labute approximate surface area is 331 Å². The summed E-state index contributed by atoms with van der Waals surface area (Å²) in [5, 5.41) is 4.57. The first-order chi connectivity index (χ1) is 28.2. The van der Waals surface area contributed by atoms with Crippen LogP contribution in [0.15, 0.2) is 215 Å². The molecule has 1 aliphatic carbocycles. The van der Waals surface area contributed by atoms with Crippen LogP contribution in [0.1, 0.15) is 12.0 Å². The zero-order valence-electron chi connectivity index (χ0n) is 31.2. The van der Waals surface area contributed by atoms with E-state index in [-0.39, 0.29) is 6.04 Å². The van der Waals surface area contributed by atoms with Crippen molar-refractivity contribution in [3.05, 3.63) is 212 Å². The van der Waals surface area contributed by atoms with Gasteiger partial charge in [0, 0.05) is 38.5 Å². The summed E-state index contributed by atoms with van der Waals surface area (Å²) in [6, 6.07) is 67.0. The van der Waals surface area contributed by atoms with Gasteiger partial charge in [0.15, 0.2) is 0 Å². The third kappa shape index (κ3) is 5.92. The number of rotatable bonds is 7. The smallest absolute Gasteiger partial charge is 0.143 e. The highest BCUT2D eigenvalue weighted by Crippen LogP contribution is 2.39. The highest BCUT2D eigenvalue weighted by atomic mass is 16.3. The van der Waals surface area contributed by atoms with E-state index in [2.05, 4.69) is 187 Å². The predicted octanol–water partition coefficient (Wildman–Crippen LogP) is 15.0. The molecule has 0 radical (unpaired) electrons. The quantitative estimate of drug-likeness (QED) is 0.163. The molecule has 10 aromatic rings. The molecule has 0 aliphatic heterocycles. The first kappa shape index (κ1) is 33.0. The SMILES string of the molecule is C1=CC(N(c2ccc(-c3ccc(-c4ccccc4)cc3)cc2)c2ccc(-c3ccc4oc5ccccc5c4c3)cc2)CC=C1c1cccc2c1oc1ccccc12. The number of hydrogen-bond acceptors (Lipinski definition) is 3. The number of allylic oxidation sites excluding steroid dienone is 2. The largest absolute Gasteiger partial charge is 0.456 e. The minimum atomic E-state index is 0.110. The minimum Gasteiger partial charge on any atom is -0.456 e. The van der Waals surface area contributed by atoms with Crippen LogP contribution in [0.2, 0.25) is 0 Å². The molecule has 8 aromatic carbocycles. The third-order valence-electron chi connectivity index (χ3n) is 11.5. The molecule has 0 saturated heterocycles. The van der Waals surface area contributed by atoms with Crippen LogP contribution in [0.5, 0.6) is 0 Å². The van der Waals surface area contributed by atoms with E-state index in [9.17, 15) is 0 Å². The van der Waals surface area contributed by atoms with Crippen molar-refractivity contribution in [2.75, 3.05) is 4.90 Å². The molecule has 0 bridgehead atoms. The summed E-state index contributed by atoms with van der Waals surface area (Å²) in [5.41, 5.74) is 15.4. The summed E-state index contributed by atoms with van der Waals surface area (Å²) < 4.78 is 12.5. The van der Waals surface area contributed by atoms with Gasteiger partial charge in [-0.2, -0.15) is 0 Å². The maximum Gasteiger partial charge on any atom is 0.143 e. The molecule has 0 fully saturated rings. The van der Waals surface area contributed by atoms with Crippen molar-refractivity contribution in [3.63, 3.8) is 0 Å². The first-order valence-electron chi connectivity index (χ1n) is 19.6. The molecule has 0 saturated carbocycles. The summed E-state index contributed by atoms with van der Waals surface area (Å²) in [5.74, 6) is 0. The molecule has 3 nitrogen and oxygen atoms in total. The second-order valence-corrected chi connectivity index (χ2v) is 14.8. The lowest BCUT2D eigenvalue weighted by molar-refractivity contribution is 0.667. The van der Waals surface area contributed by atoms with Crippen molar-refractivity contribution in [3.8, 4) is 33.4 Å². The average molecular weight is 732 g/mol. The molecule has 1 unspecified atom stereocenters. The zero-order valence-corrected chi connectivity index (χ0v) is 31.2. The Morgan fingerprint density at radius 2 is 0.912 bits per heavy atom. The van der Waals surface area contributed by atoms with E-state index < -0.39 is 0 Å². The number of hydrogen-bond donors (Lipinski definition) is 0. The monoisotopic (exact) mass is 731 g/mol. The molecule has 1 aliphatic rings. The highest BCUT2D eigenvalue weighted by molar-refractivity contribution is 6.09. The number of anilines is 2. The van der Waals surface area contributed by atoms with Crippen LogP contribution in [0, 0.1) is 0 Å². The van der Waals surface area contributed by atoms with Crippen LogP contribution in [0.3, 0.4) is 0 Å². The van der Waals surface area contributed by atoms with Gasteiger partial charge < -0.3 is 13.7 Å². The van der Waals surface area contributed by atoms with E-state index in [1.807, 2.05) is 24.3 Å². The summed E-state index contributed by atoms with van der Waals surface area (Å²) in [7, 11) is 0. The molecule has 1 atom stereocenters. The molecule has 2 aromatic heterocycles. The van der Waals surface area contributed by atoms with E-state index in [1.54, 1.807) is 0 Å². The van der Waals surface area contributed by atoms with E-state index in [0.717, 1.165) is 67.2 Å². The van der Waals surface area contributed by atoms with Crippen LogP contribution in [0.4, 0.5) is 11.4 Å². The molecule has 0 N–H and O–H groups in total. The summed E-state index contributed by atoms with van der Waals surface area (Å²) in [6.45, 7) is 0. The standard InChI is InChI=1S/C54H37NO2/c1-2-9-36(10-3-1)37-17-19-38(20-18-37)39-21-28-43(29-22-39)55(44-30-23-40(24-31-44)42-27-34-53-50(35-42)48-12-5-6-15-51(48)56-53)45-32-25-41(26-33-45)46-13-8-14-49-47-11-4-7-16-52(47)57-54(46)49/h1-32,34-35,45H,33H2. The number of nitrogens with zero attached hydrogens (tertiary/aromatic N) is 1. The van der Waals surface area contributed by atoms with Crippen LogP contribution >= 0.6 is 0 Å². The molecular formula is C54H37NO2. The molecule has 270 valence electrons. The number of furan rings is 2. The van der Waals surface area contributed by atoms with Crippen molar-refractivity contribution >= 4 is 60.8 Å². The number of fused-ring (bicyclic) bond motifs is 6. The lowest BCUT2D eigenvalue weighted by Crippen LogP contribution is -2.30. The van der Waals surface area contributed by atoms with E-state index >= 15 is 0 Å². The van der Waals surface area contributed by atoms with Crippen LogP contribution in [-0.4, -0.2) is 6.04 Å². The molecular weight excluding hydrogens is 695 g/mol. The van der Waals surface area contributed by atoms with Gasteiger partial charge in [-0.05, 0) is 93.9 Å². The third-order valence-corrected chi connectivity index (χ3v) is 11.5. The van der Waals surface area contributed by atoms with Crippen LogP contribution < -0.4 is 4.90 Å². The van der Waals surface area contributed by atoms with Gasteiger partial charge >= 0.3 is 0 Å². The Bertz CT molecular complexity index is 3130. The Kier molecular flexibility index (Phi) is 7.96. The van der Waals surface area contributed by atoms with Gasteiger partial charge in [0.05, 0.1) is 6.04 Å². The lowest BCUT2D eigenvalue weighted by Gasteiger charge is -2.33. The maximum atomic E-state index is 6.42. The van der Waals surface area contributed by atoms with Gasteiger partial charge in [0.2, 0.25) is 0 Å². The number of benzene rings is 8. The Morgan fingerprint density at radius 3 is 1.56 bits per heavy atom. The second-order valence-electron chi connectivity index (χ2n) is 14.8. The first-order valence-corrected chi connectivity index (χ1v) is 19.6. The fourth-order valence-corrected chi connectivity index (χ4v) is 8.53. The fourth-order valence-electron chi connectivity index (χ4n) is 8.53. The maximum absolute atomic E-state index is 6.42. The Balaban J connectivity index is 0.931. The van der Waals surface area contributed by atoms with Gasteiger partial charge in [-0.25, -0.2) is 0 Å². The molecule has 57 heavy (non-hydrogen) atoms. The molecule has 11 rings (SSSR count). The Morgan fingerprint density at radius 1 is 0.404 bits per heavy atom. The zero-order chi connectivity index (χ0) is 37.7. The van der Waals surface area contributed by atoms with Crippen molar-refractivity contribution in [1.82, 2.24) is 0 Å².